The number of hydrogen-bond donors (Lipinski definition) is 2. The van der Waals surface area contributed by atoms with Gasteiger partial charge in [-0.3, -0.25) is 4.79 Å². The van der Waals surface area contributed by atoms with E-state index in [2.05, 4.69) is 17.5 Å². The highest BCUT2D eigenvalue weighted by Gasteiger charge is 2.01. The highest BCUT2D eigenvalue weighted by atomic mass is 16.5. The van der Waals surface area contributed by atoms with Crippen molar-refractivity contribution in [3.8, 4) is 5.75 Å². The molecule has 0 bridgehead atoms. The summed E-state index contributed by atoms with van der Waals surface area (Å²) in [7, 11) is 0. The van der Waals surface area contributed by atoms with Gasteiger partial charge >= 0.3 is 0 Å². The number of carbonyl (C=O) groups excluding carboxylic acids is 1. The van der Waals surface area contributed by atoms with Gasteiger partial charge in [0.05, 0.1) is 19.2 Å². The van der Waals surface area contributed by atoms with Crippen molar-refractivity contribution in [2.45, 2.75) is 19.8 Å². The maximum atomic E-state index is 11.8. The SMILES string of the molecule is CCCOc1ccc(/C=N\NC(=O)Cc2ccc(N)cc2)cc1. The molecule has 0 heterocycles. The van der Waals surface area contributed by atoms with E-state index in [1.54, 1.807) is 18.3 Å². The summed E-state index contributed by atoms with van der Waals surface area (Å²) < 4.78 is 5.50. The van der Waals surface area contributed by atoms with Crippen LogP contribution in [0.25, 0.3) is 0 Å². The summed E-state index contributed by atoms with van der Waals surface area (Å²) >= 11 is 0. The van der Waals surface area contributed by atoms with Crippen molar-refractivity contribution in [1.82, 2.24) is 5.43 Å². The zero-order chi connectivity index (χ0) is 16.5. The fourth-order valence-corrected chi connectivity index (χ4v) is 1.91. The number of nitrogens with two attached hydrogens (primary N) is 1. The molecular weight excluding hydrogens is 290 g/mol. The van der Waals surface area contributed by atoms with Gasteiger partial charge in [0.15, 0.2) is 0 Å². The molecule has 0 unspecified atom stereocenters. The molecule has 0 atom stereocenters. The molecular formula is C18H21N3O2. The fourth-order valence-electron chi connectivity index (χ4n) is 1.91. The molecule has 0 spiro atoms. The molecule has 0 aliphatic carbocycles. The highest BCUT2D eigenvalue weighted by Crippen LogP contribution is 2.11. The Morgan fingerprint density at radius 3 is 2.52 bits per heavy atom. The van der Waals surface area contributed by atoms with Crippen LogP contribution in [-0.4, -0.2) is 18.7 Å². The Hall–Kier alpha value is -2.82. The van der Waals surface area contributed by atoms with Crippen LogP contribution in [0, 0.1) is 0 Å². The summed E-state index contributed by atoms with van der Waals surface area (Å²) in [6, 6.07) is 14.7. The number of nitrogen functional groups attached to an aromatic ring is 1. The predicted molar refractivity (Wildman–Crippen MR) is 92.5 cm³/mol. The zero-order valence-electron chi connectivity index (χ0n) is 13.2. The van der Waals surface area contributed by atoms with Crippen molar-refractivity contribution < 1.29 is 9.53 Å². The number of hydrogen-bond acceptors (Lipinski definition) is 4. The van der Waals surface area contributed by atoms with E-state index in [9.17, 15) is 4.79 Å². The number of anilines is 1. The van der Waals surface area contributed by atoms with Crippen LogP contribution in [0.1, 0.15) is 24.5 Å². The second-order valence-corrected chi connectivity index (χ2v) is 5.13. The van der Waals surface area contributed by atoms with Crippen molar-refractivity contribution in [3.63, 3.8) is 0 Å². The summed E-state index contributed by atoms with van der Waals surface area (Å²) in [5.41, 5.74) is 10.6. The molecule has 2 aromatic carbocycles. The standard InChI is InChI=1S/C18H21N3O2/c1-2-11-23-17-9-5-15(6-10-17)13-20-21-18(22)12-14-3-7-16(19)8-4-14/h3-10,13H,2,11-12,19H2,1H3,(H,21,22)/b20-13-. The largest absolute Gasteiger partial charge is 0.494 e. The lowest BCUT2D eigenvalue weighted by Gasteiger charge is -2.04. The Balaban J connectivity index is 1.81. The van der Waals surface area contributed by atoms with Crippen molar-refractivity contribution in [2.75, 3.05) is 12.3 Å². The Labute approximate surface area is 136 Å². The minimum absolute atomic E-state index is 0.172. The predicted octanol–water partition coefficient (Wildman–Crippen LogP) is 2.75. The first-order chi connectivity index (χ1) is 11.2. The third-order valence-corrected chi connectivity index (χ3v) is 3.10. The Kier molecular flexibility index (Phi) is 6.17. The van der Waals surface area contributed by atoms with Gasteiger partial charge in [-0.15, -0.1) is 0 Å². The van der Waals surface area contributed by atoms with Crippen molar-refractivity contribution in [3.05, 3.63) is 59.7 Å². The van der Waals surface area contributed by atoms with Gasteiger partial charge in [-0.05, 0) is 53.9 Å². The lowest BCUT2D eigenvalue weighted by Crippen LogP contribution is -2.19. The van der Waals surface area contributed by atoms with Gasteiger partial charge in [-0.25, -0.2) is 5.43 Å². The van der Waals surface area contributed by atoms with Crippen LogP contribution in [0.2, 0.25) is 0 Å². The normalized spacial score (nSPS) is 10.7. The molecule has 0 aliphatic heterocycles. The summed E-state index contributed by atoms with van der Waals surface area (Å²) in [6.07, 6.45) is 2.84. The Morgan fingerprint density at radius 2 is 1.87 bits per heavy atom. The van der Waals surface area contributed by atoms with E-state index in [-0.39, 0.29) is 12.3 Å². The molecule has 5 nitrogen and oxygen atoms in total. The highest BCUT2D eigenvalue weighted by molar-refractivity contribution is 5.83. The lowest BCUT2D eigenvalue weighted by molar-refractivity contribution is -0.120. The quantitative estimate of drug-likeness (QED) is 0.469. The second kappa shape index (κ2) is 8.58. The van der Waals surface area contributed by atoms with E-state index in [0.717, 1.165) is 23.3 Å². The number of rotatable bonds is 7. The minimum atomic E-state index is -0.172. The maximum Gasteiger partial charge on any atom is 0.244 e. The maximum absolute atomic E-state index is 11.8. The second-order valence-electron chi connectivity index (χ2n) is 5.13. The Bertz CT molecular complexity index is 649. The van der Waals surface area contributed by atoms with Gasteiger partial charge in [-0.2, -0.15) is 5.10 Å². The summed E-state index contributed by atoms with van der Waals surface area (Å²) in [6.45, 7) is 2.77. The van der Waals surface area contributed by atoms with Crippen molar-refractivity contribution >= 4 is 17.8 Å². The number of nitrogens with zero attached hydrogens (tertiary/aromatic N) is 1. The van der Waals surface area contributed by atoms with Gasteiger partial charge in [0.25, 0.3) is 0 Å². The molecule has 3 N–H and O–H groups in total. The molecule has 0 aromatic heterocycles. The average molecular weight is 311 g/mol. The van der Waals surface area contributed by atoms with Gasteiger partial charge in [-0.1, -0.05) is 19.1 Å². The summed E-state index contributed by atoms with van der Waals surface area (Å²) in [5.74, 6) is 0.658. The number of benzene rings is 2. The third-order valence-electron chi connectivity index (χ3n) is 3.10. The summed E-state index contributed by atoms with van der Waals surface area (Å²) in [4.78, 5) is 11.8. The first-order valence-electron chi connectivity index (χ1n) is 7.56. The molecule has 2 aromatic rings. The van der Waals surface area contributed by atoms with Crippen molar-refractivity contribution in [2.24, 2.45) is 5.10 Å². The summed E-state index contributed by atoms with van der Waals surface area (Å²) in [5, 5.41) is 3.96. The Morgan fingerprint density at radius 1 is 1.17 bits per heavy atom. The van der Waals surface area contributed by atoms with E-state index in [0.29, 0.717) is 12.3 Å². The van der Waals surface area contributed by atoms with Gasteiger partial charge < -0.3 is 10.5 Å². The van der Waals surface area contributed by atoms with Crippen molar-refractivity contribution in [1.29, 1.82) is 0 Å². The smallest absolute Gasteiger partial charge is 0.244 e. The number of carbonyl (C=O) groups is 1. The number of nitrogens with one attached hydrogen (secondary N) is 1. The van der Waals surface area contributed by atoms with Crippen LogP contribution in [0.15, 0.2) is 53.6 Å². The molecule has 120 valence electrons. The van der Waals surface area contributed by atoms with Crippen LogP contribution < -0.4 is 15.9 Å². The van der Waals surface area contributed by atoms with Gasteiger partial charge in [0.2, 0.25) is 5.91 Å². The number of hydrazone groups is 1. The van der Waals surface area contributed by atoms with Crippen LogP contribution in [0.5, 0.6) is 5.75 Å². The molecule has 0 saturated carbocycles. The minimum Gasteiger partial charge on any atom is -0.494 e. The molecule has 0 aliphatic rings. The van der Waals surface area contributed by atoms with Gasteiger partial charge in [0, 0.05) is 5.69 Å². The van der Waals surface area contributed by atoms with Crippen LogP contribution in [-0.2, 0) is 11.2 Å². The fraction of sp³-hybridized carbons (Fsp3) is 0.222. The topological polar surface area (TPSA) is 76.7 Å². The number of amides is 1. The number of ether oxygens (including phenoxy) is 1. The molecule has 0 radical (unpaired) electrons. The lowest BCUT2D eigenvalue weighted by atomic mass is 10.1. The molecule has 1 amide bonds. The van der Waals surface area contributed by atoms with E-state index in [1.165, 1.54) is 0 Å². The molecule has 0 saturated heterocycles. The van der Waals surface area contributed by atoms with Gasteiger partial charge in [0.1, 0.15) is 5.75 Å². The monoisotopic (exact) mass is 311 g/mol. The van der Waals surface area contributed by atoms with E-state index in [1.807, 2.05) is 36.4 Å². The molecule has 23 heavy (non-hydrogen) atoms. The van der Waals surface area contributed by atoms with Crippen LogP contribution in [0.3, 0.4) is 0 Å². The molecule has 2 rings (SSSR count). The zero-order valence-corrected chi connectivity index (χ0v) is 13.2. The molecule has 0 fully saturated rings. The average Bonchev–Trinajstić information content (AvgIpc) is 2.56. The first kappa shape index (κ1) is 16.5. The molecule has 5 heteroatoms. The third kappa shape index (κ3) is 5.82. The van der Waals surface area contributed by atoms with E-state index in [4.69, 9.17) is 10.5 Å². The van der Waals surface area contributed by atoms with Crippen LogP contribution >= 0.6 is 0 Å². The van der Waals surface area contributed by atoms with Crippen LogP contribution in [0.4, 0.5) is 5.69 Å². The van der Waals surface area contributed by atoms with E-state index >= 15 is 0 Å². The first-order valence-corrected chi connectivity index (χ1v) is 7.56. The van der Waals surface area contributed by atoms with E-state index < -0.39 is 0 Å².